The van der Waals surface area contributed by atoms with E-state index in [1.54, 1.807) is 11.3 Å². The van der Waals surface area contributed by atoms with Gasteiger partial charge in [-0.3, -0.25) is 0 Å². The fraction of sp³-hybridized carbons (Fsp3) is 0.111. The van der Waals surface area contributed by atoms with Crippen molar-refractivity contribution in [2.24, 2.45) is 0 Å². The largest absolute Gasteiger partial charge is 0.143 e. The van der Waals surface area contributed by atoms with Gasteiger partial charge in [-0.25, -0.2) is 0 Å². The average molecular weight is 343 g/mol. The number of thiophene rings is 1. The Hall–Kier alpha value is 0.490. The van der Waals surface area contributed by atoms with E-state index in [0.717, 1.165) is 8.59 Å². The first-order chi connectivity index (χ1) is 6.22. The van der Waals surface area contributed by atoms with Gasteiger partial charge in [-0.1, -0.05) is 11.6 Å². The summed E-state index contributed by atoms with van der Waals surface area (Å²) < 4.78 is 2.29. The number of hydrogen-bond donors (Lipinski definition) is 0. The molecule has 1 aromatic heterocycles. The van der Waals surface area contributed by atoms with Gasteiger partial charge in [0, 0.05) is 14.2 Å². The molecule has 0 N–H and O–H groups in total. The van der Waals surface area contributed by atoms with E-state index in [9.17, 15) is 0 Å². The normalized spacial score (nSPS) is 11.0. The molecule has 68 valence electrons. The molecule has 1 aromatic carbocycles. The number of benzene rings is 1. The zero-order valence-electron chi connectivity index (χ0n) is 6.48. The summed E-state index contributed by atoms with van der Waals surface area (Å²) in [5.41, 5.74) is 1.19. The predicted molar refractivity (Wildman–Crippen MR) is 69.1 cm³/mol. The van der Waals surface area contributed by atoms with Crippen LogP contribution < -0.4 is 0 Å². The van der Waals surface area contributed by atoms with Gasteiger partial charge in [0.15, 0.2) is 0 Å². The molecular formula is C9H5Cl2IS. The fourth-order valence-electron chi connectivity index (χ4n) is 1.18. The standard InChI is InChI=1S/C9H5Cl2IS/c10-3-5-4-13-9-2-7(11)8(12)1-6(5)9/h1-2,4H,3H2. The second-order valence-corrected chi connectivity index (χ2v) is 5.40. The zero-order chi connectivity index (χ0) is 9.42. The Balaban J connectivity index is 2.77. The number of fused-ring (bicyclic) bond motifs is 1. The topological polar surface area (TPSA) is 0 Å². The fourth-order valence-corrected chi connectivity index (χ4v) is 3.17. The highest BCUT2D eigenvalue weighted by atomic mass is 127. The van der Waals surface area contributed by atoms with Crippen molar-refractivity contribution in [3.63, 3.8) is 0 Å². The van der Waals surface area contributed by atoms with Gasteiger partial charge in [-0.15, -0.1) is 22.9 Å². The quantitative estimate of drug-likeness (QED) is 0.511. The first kappa shape index (κ1) is 10.0. The van der Waals surface area contributed by atoms with E-state index in [0.29, 0.717) is 5.88 Å². The lowest BCUT2D eigenvalue weighted by molar-refractivity contribution is 1.49. The van der Waals surface area contributed by atoms with Gasteiger partial charge in [0.25, 0.3) is 0 Å². The lowest BCUT2D eigenvalue weighted by atomic mass is 10.2. The Labute approximate surface area is 104 Å². The predicted octanol–water partition coefficient (Wildman–Crippen LogP) is 4.90. The van der Waals surface area contributed by atoms with E-state index >= 15 is 0 Å². The monoisotopic (exact) mass is 342 g/mol. The summed E-state index contributed by atoms with van der Waals surface area (Å²) in [5, 5.41) is 4.13. The molecule has 0 amide bonds. The molecule has 0 atom stereocenters. The van der Waals surface area contributed by atoms with Crippen molar-refractivity contribution in [3.8, 4) is 0 Å². The minimum absolute atomic E-state index is 0.567. The molecule has 0 aliphatic heterocycles. The average Bonchev–Trinajstić information content (AvgIpc) is 2.48. The molecule has 0 nitrogen and oxygen atoms in total. The van der Waals surface area contributed by atoms with Crippen molar-refractivity contribution < 1.29 is 0 Å². The Kier molecular flexibility index (Phi) is 3.03. The smallest absolute Gasteiger partial charge is 0.0553 e. The molecule has 0 fully saturated rings. The lowest BCUT2D eigenvalue weighted by Crippen LogP contribution is -1.76. The van der Waals surface area contributed by atoms with Crippen LogP contribution in [0, 0.1) is 3.57 Å². The molecule has 0 aliphatic carbocycles. The maximum Gasteiger partial charge on any atom is 0.0553 e. The van der Waals surface area contributed by atoms with E-state index in [1.165, 1.54) is 15.6 Å². The van der Waals surface area contributed by atoms with Crippen LogP contribution in [0.15, 0.2) is 17.5 Å². The summed E-state index contributed by atoms with van der Waals surface area (Å²) in [5.74, 6) is 0.567. The Morgan fingerprint density at radius 3 is 2.85 bits per heavy atom. The van der Waals surface area contributed by atoms with Crippen LogP contribution in [-0.2, 0) is 5.88 Å². The third-order valence-corrected chi connectivity index (χ3v) is 4.65. The molecule has 0 saturated carbocycles. The molecule has 4 heteroatoms. The molecule has 0 unspecified atom stereocenters. The van der Waals surface area contributed by atoms with Gasteiger partial charge in [0.05, 0.1) is 5.02 Å². The summed E-state index contributed by atoms with van der Waals surface area (Å²) in [7, 11) is 0. The van der Waals surface area contributed by atoms with E-state index in [2.05, 4.69) is 34.0 Å². The molecule has 2 rings (SSSR count). The van der Waals surface area contributed by atoms with Crippen LogP contribution >= 0.6 is 57.1 Å². The van der Waals surface area contributed by atoms with Gasteiger partial charge >= 0.3 is 0 Å². The second-order valence-electron chi connectivity index (χ2n) is 2.66. The summed E-state index contributed by atoms with van der Waals surface area (Å²) in [6, 6.07) is 4.09. The van der Waals surface area contributed by atoms with Gasteiger partial charge < -0.3 is 0 Å². The van der Waals surface area contributed by atoms with Crippen molar-refractivity contribution in [1.82, 2.24) is 0 Å². The minimum Gasteiger partial charge on any atom is -0.143 e. The van der Waals surface area contributed by atoms with Crippen molar-refractivity contribution in [2.75, 3.05) is 0 Å². The van der Waals surface area contributed by atoms with E-state index in [4.69, 9.17) is 23.2 Å². The van der Waals surface area contributed by atoms with Gasteiger partial charge in [0.2, 0.25) is 0 Å². The SMILES string of the molecule is ClCc1csc2cc(Cl)c(I)cc12. The second kappa shape index (κ2) is 3.93. The van der Waals surface area contributed by atoms with Crippen LogP contribution in [-0.4, -0.2) is 0 Å². The Morgan fingerprint density at radius 1 is 1.38 bits per heavy atom. The third kappa shape index (κ3) is 1.82. The molecular weight excluding hydrogens is 338 g/mol. The van der Waals surface area contributed by atoms with Crippen molar-refractivity contribution in [3.05, 3.63) is 31.7 Å². The maximum atomic E-state index is 6.01. The van der Waals surface area contributed by atoms with Crippen LogP contribution in [0.2, 0.25) is 5.02 Å². The number of rotatable bonds is 1. The van der Waals surface area contributed by atoms with E-state index in [-0.39, 0.29) is 0 Å². The molecule has 0 saturated heterocycles. The van der Waals surface area contributed by atoms with Gasteiger partial charge in [0.1, 0.15) is 0 Å². The third-order valence-electron chi connectivity index (χ3n) is 1.84. The summed E-state index contributed by atoms with van der Waals surface area (Å²) in [6.07, 6.45) is 0. The zero-order valence-corrected chi connectivity index (χ0v) is 11.0. The first-order valence-corrected chi connectivity index (χ1v) is 6.50. The van der Waals surface area contributed by atoms with Gasteiger partial charge in [-0.2, -0.15) is 0 Å². The van der Waals surface area contributed by atoms with Crippen molar-refractivity contribution >= 4 is 67.2 Å². The summed E-state index contributed by atoms with van der Waals surface area (Å²) >= 11 is 15.7. The minimum atomic E-state index is 0.567. The molecule has 0 radical (unpaired) electrons. The van der Waals surface area contributed by atoms with Crippen LogP contribution in [0.1, 0.15) is 5.56 Å². The molecule has 13 heavy (non-hydrogen) atoms. The number of alkyl halides is 1. The lowest BCUT2D eigenvalue weighted by Gasteiger charge is -1.97. The highest BCUT2D eigenvalue weighted by Gasteiger charge is 2.06. The maximum absolute atomic E-state index is 6.01. The summed E-state index contributed by atoms with van der Waals surface area (Å²) in [6.45, 7) is 0. The molecule has 0 aliphatic rings. The highest BCUT2D eigenvalue weighted by Crippen LogP contribution is 2.32. The van der Waals surface area contributed by atoms with Crippen LogP contribution in [0.25, 0.3) is 10.1 Å². The van der Waals surface area contributed by atoms with E-state index in [1.807, 2.05) is 6.07 Å². The molecule has 2 aromatic rings. The molecule has 1 heterocycles. The van der Waals surface area contributed by atoms with Crippen molar-refractivity contribution in [1.29, 1.82) is 0 Å². The highest BCUT2D eigenvalue weighted by molar-refractivity contribution is 14.1. The van der Waals surface area contributed by atoms with E-state index < -0.39 is 0 Å². The van der Waals surface area contributed by atoms with Crippen LogP contribution in [0.5, 0.6) is 0 Å². The Morgan fingerprint density at radius 2 is 2.15 bits per heavy atom. The van der Waals surface area contributed by atoms with Crippen LogP contribution in [0.4, 0.5) is 0 Å². The summed E-state index contributed by atoms with van der Waals surface area (Å²) in [4.78, 5) is 0. The first-order valence-electron chi connectivity index (χ1n) is 3.63. The van der Waals surface area contributed by atoms with Crippen LogP contribution in [0.3, 0.4) is 0 Å². The number of halogens is 3. The van der Waals surface area contributed by atoms with Crippen molar-refractivity contribution in [2.45, 2.75) is 5.88 Å². The van der Waals surface area contributed by atoms with Gasteiger partial charge in [-0.05, 0) is 51.1 Å². The Bertz CT molecular complexity index is 450. The number of hydrogen-bond acceptors (Lipinski definition) is 1. The molecule has 0 spiro atoms. The molecule has 0 bridgehead atoms.